The molecule has 2 amide bonds. The maximum Gasteiger partial charge on any atom is 0.319 e. The Hall–Kier alpha value is -2.86. The second kappa shape index (κ2) is 7.81. The van der Waals surface area contributed by atoms with Gasteiger partial charge in [-0.25, -0.2) is 4.79 Å². The quantitative estimate of drug-likeness (QED) is 0.722. The van der Waals surface area contributed by atoms with Crippen molar-refractivity contribution in [3.63, 3.8) is 0 Å². The van der Waals surface area contributed by atoms with E-state index >= 15 is 0 Å². The lowest BCUT2D eigenvalue weighted by Crippen LogP contribution is -2.30. The number of anilines is 1. The summed E-state index contributed by atoms with van der Waals surface area (Å²) < 4.78 is 5.24. The number of nitrogens with one attached hydrogen (secondary N) is 2. The topological polar surface area (TPSA) is 80.0 Å². The molecule has 3 rings (SSSR count). The van der Waals surface area contributed by atoms with Gasteiger partial charge in [0.25, 0.3) is 0 Å². The van der Waals surface area contributed by atoms with E-state index in [1.807, 2.05) is 31.2 Å². The van der Waals surface area contributed by atoms with Gasteiger partial charge in [0.2, 0.25) is 11.7 Å². The van der Waals surface area contributed by atoms with E-state index in [1.54, 1.807) is 24.3 Å². The van der Waals surface area contributed by atoms with Crippen LogP contribution in [0, 0.1) is 6.92 Å². The highest BCUT2D eigenvalue weighted by Crippen LogP contribution is 2.19. The average Bonchev–Trinajstić information content (AvgIpc) is 3.06. The predicted molar refractivity (Wildman–Crippen MR) is 96.6 cm³/mol. The van der Waals surface area contributed by atoms with E-state index in [1.165, 1.54) is 0 Å². The molecular formula is C18H17ClN4O2. The van der Waals surface area contributed by atoms with Gasteiger partial charge in [-0.15, -0.1) is 0 Å². The van der Waals surface area contributed by atoms with Crippen molar-refractivity contribution in [1.29, 1.82) is 0 Å². The van der Waals surface area contributed by atoms with Crippen LogP contribution in [0.25, 0.3) is 11.4 Å². The van der Waals surface area contributed by atoms with Gasteiger partial charge in [-0.3, -0.25) is 0 Å². The van der Waals surface area contributed by atoms with Crippen molar-refractivity contribution in [3.05, 3.63) is 65.0 Å². The normalized spacial score (nSPS) is 10.5. The number of hydrogen-bond donors (Lipinski definition) is 2. The minimum absolute atomic E-state index is 0.305. The molecule has 3 aromatic rings. The van der Waals surface area contributed by atoms with Gasteiger partial charge in [0.05, 0.1) is 0 Å². The maximum atomic E-state index is 11.8. The lowest BCUT2D eigenvalue weighted by atomic mass is 10.1. The molecule has 1 heterocycles. The zero-order valence-corrected chi connectivity index (χ0v) is 14.4. The molecule has 0 unspecified atom stereocenters. The summed E-state index contributed by atoms with van der Waals surface area (Å²) in [6, 6.07) is 14.4. The van der Waals surface area contributed by atoms with Crippen molar-refractivity contribution in [2.45, 2.75) is 13.3 Å². The fourth-order valence-corrected chi connectivity index (χ4v) is 2.41. The number of urea groups is 1. The molecule has 0 aliphatic rings. The number of carbonyl (C=O) groups is 1. The molecule has 0 atom stereocenters. The third kappa shape index (κ3) is 4.58. The molecule has 25 heavy (non-hydrogen) atoms. The molecule has 0 fully saturated rings. The molecule has 7 heteroatoms. The maximum absolute atomic E-state index is 11.8. The van der Waals surface area contributed by atoms with Crippen molar-refractivity contribution in [2.24, 2.45) is 0 Å². The Morgan fingerprint density at radius 1 is 1.16 bits per heavy atom. The summed E-state index contributed by atoms with van der Waals surface area (Å²) in [6.07, 6.45) is 0.451. The lowest BCUT2D eigenvalue weighted by Gasteiger charge is -2.06. The van der Waals surface area contributed by atoms with E-state index in [-0.39, 0.29) is 6.03 Å². The van der Waals surface area contributed by atoms with Crippen LogP contribution in [-0.2, 0) is 6.42 Å². The SMILES string of the molecule is Cc1ccccc1-c1noc(CCNC(=O)Nc2ccc(Cl)cc2)n1. The standard InChI is InChI=1S/C18H17ClN4O2/c1-12-4-2-3-5-15(12)17-22-16(25-23-17)10-11-20-18(24)21-14-8-6-13(19)7-9-14/h2-9H,10-11H2,1H3,(H2,20,21,24). The van der Waals surface area contributed by atoms with Crippen LogP contribution in [-0.4, -0.2) is 22.7 Å². The zero-order chi connectivity index (χ0) is 17.6. The van der Waals surface area contributed by atoms with Gasteiger partial charge in [-0.2, -0.15) is 4.98 Å². The monoisotopic (exact) mass is 356 g/mol. The Morgan fingerprint density at radius 2 is 1.92 bits per heavy atom. The van der Waals surface area contributed by atoms with Gasteiger partial charge in [0.1, 0.15) is 0 Å². The Labute approximate surface area is 150 Å². The Balaban J connectivity index is 1.50. The van der Waals surface area contributed by atoms with Crippen molar-refractivity contribution < 1.29 is 9.32 Å². The van der Waals surface area contributed by atoms with Gasteiger partial charge in [0.15, 0.2) is 0 Å². The fourth-order valence-electron chi connectivity index (χ4n) is 2.28. The number of benzene rings is 2. The summed E-state index contributed by atoms with van der Waals surface area (Å²) in [6.45, 7) is 2.38. The van der Waals surface area contributed by atoms with E-state index in [0.717, 1.165) is 11.1 Å². The van der Waals surface area contributed by atoms with Gasteiger partial charge in [-0.1, -0.05) is 41.0 Å². The summed E-state index contributed by atoms with van der Waals surface area (Å²) in [5.41, 5.74) is 2.68. The highest BCUT2D eigenvalue weighted by Gasteiger charge is 2.10. The predicted octanol–water partition coefficient (Wildman–Crippen LogP) is 4.06. The number of halogens is 1. The Kier molecular flexibility index (Phi) is 5.30. The van der Waals surface area contributed by atoms with Gasteiger partial charge in [-0.05, 0) is 36.8 Å². The molecule has 6 nitrogen and oxygen atoms in total. The number of hydrogen-bond acceptors (Lipinski definition) is 4. The first-order chi connectivity index (χ1) is 12.1. The molecule has 0 bridgehead atoms. The van der Waals surface area contributed by atoms with Crippen LogP contribution in [0.3, 0.4) is 0 Å². The first kappa shape index (κ1) is 17.0. The molecule has 0 saturated carbocycles. The second-order valence-corrected chi connectivity index (χ2v) is 5.90. The minimum atomic E-state index is -0.305. The molecular weight excluding hydrogens is 340 g/mol. The molecule has 2 N–H and O–H groups in total. The lowest BCUT2D eigenvalue weighted by molar-refractivity contribution is 0.252. The minimum Gasteiger partial charge on any atom is -0.339 e. The van der Waals surface area contributed by atoms with E-state index < -0.39 is 0 Å². The number of rotatable bonds is 5. The van der Waals surface area contributed by atoms with Crippen LogP contribution < -0.4 is 10.6 Å². The molecule has 128 valence electrons. The fraction of sp³-hybridized carbons (Fsp3) is 0.167. The Bertz CT molecular complexity index is 862. The second-order valence-electron chi connectivity index (χ2n) is 5.46. The average molecular weight is 357 g/mol. The smallest absolute Gasteiger partial charge is 0.319 e. The van der Waals surface area contributed by atoms with Crippen molar-refractivity contribution >= 4 is 23.3 Å². The number of carbonyl (C=O) groups excluding carboxylic acids is 1. The highest BCUT2D eigenvalue weighted by atomic mass is 35.5. The number of amides is 2. The molecule has 0 aliphatic carbocycles. The van der Waals surface area contributed by atoms with Crippen LogP contribution in [0.15, 0.2) is 53.1 Å². The number of nitrogens with zero attached hydrogens (tertiary/aromatic N) is 2. The van der Waals surface area contributed by atoms with Crippen LogP contribution in [0.4, 0.5) is 10.5 Å². The van der Waals surface area contributed by atoms with E-state index in [0.29, 0.717) is 35.4 Å². The third-order valence-corrected chi connectivity index (χ3v) is 3.83. The summed E-state index contributed by atoms with van der Waals surface area (Å²) >= 11 is 5.80. The summed E-state index contributed by atoms with van der Waals surface area (Å²) in [4.78, 5) is 16.2. The third-order valence-electron chi connectivity index (χ3n) is 3.58. The van der Waals surface area contributed by atoms with Crippen LogP contribution >= 0.6 is 11.6 Å². The molecule has 0 spiro atoms. The van der Waals surface area contributed by atoms with E-state index in [4.69, 9.17) is 16.1 Å². The summed E-state index contributed by atoms with van der Waals surface area (Å²) in [5.74, 6) is 1.03. The molecule has 0 saturated heterocycles. The van der Waals surface area contributed by atoms with Crippen LogP contribution in [0.2, 0.25) is 5.02 Å². The largest absolute Gasteiger partial charge is 0.339 e. The molecule has 0 radical (unpaired) electrons. The zero-order valence-electron chi connectivity index (χ0n) is 13.6. The van der Waals surface area contributed by atoms with Gasteiger partial charge >= 0.3 is 6.03 Å². The van der Waals surface area contributed by atoms with Gasteiger partial charge in [0, 0.05) is 29.2 Å². The first-order valence-corrected chi connectivity index (χ1v) is 8.18. The molecule has 2 aromatic carbocycles. The van der Waals surface area contributed by atoms with E-state index in [2.05, 4.69) is 20.8 Å². The number of aryl methyl sites for hydroxylation is 1. The Morgan fingerprint density at radius 3 is 2.68 bits per heavy atom. The summed E-state index contributed by atoms with van der Waals surface area (Å²) in [5, 5.41) is 10.1. The van der Waals surface area contributed by atoms with E-state index in [9.17, 15) is 4.79 Å². The van der Waals surface area contributed by atoms with Crippen LogP contribution in [0.5, 0.6) is 0 Å². The molecule has 1 aromatic heterocycles. The first-order valence-electron chi connectivity index (χ1n) is 7.81. The molecule has 0 aliphatic heterocycles. The highest BCUT2D eigenvalue weighted by molar-refractivity contribution is 6.30. The number of aromatic nitrogens is 2. The van der Waals surface area contributed by atoms with Crippen molar-refractivity contribution in [1.82, 2.24) is 15.5 Å². The van der Waals surface area contributed by atoms with Crippen molar-refractivity contribution in [2.75, 3.05) is 11.9 Å². The van der Waals surface area contributed by atoms with Gasteiger partial charge < -0.3 is 15.2 Å². The summed E-state index contributed by atoms with van der Waals surface area (Å²) in [7, 11) is 0. The van der Waals surface area contributed by atoms with Crippen molar-refractivity contribution in [3.8, 4) is 11.4 Å². The van der Waals surface area contributed by atoms with Crippen LogP contribution in [0.1, 0.15) is 11.5 Å².